The molecule has 1 N–H and O–H groups in total. The smallest absolute Gasteiger partial charge is 0.307 e. The molecule has 3 aromatic rings. The third kappa shape index (κ3) is 2.50. The molecule has 0 aliphatic rings. The number of carbonyl (C=O) groups is 1. The quantitative estimate of drug-likeness (QED) is 0.576. The summed E-state index contributed by atoms with van der Waals surface area (Å²) in [6.45, 7) is 0. The van der Waals surface area contributed by atoms with Gasteiger partial charge in [0.25, 0.3) is 0 Å². The number of hydrogen-bond acceptors (Lipinski definition) is 3. The number of para-hydroxylation sites is 2. The van der Waals surface area contributed by atoms with Crippen LogP contribution in [0.3, 0.4) is 0 Å². The summed E-state index contributed by atoms with van der Waals surface area (Å²) in [6, 6.07) is 11.9. The molecular formula is C15H10NaO4. The second-order valence-electron chi connectivity index (χ2n) is 4.29. The molecule has 1 heterocycles. The van der Waals surface area contributed by atoms with E-state index in [0.717, 1.165) is 0 Å². The first-order valence-corrected chi connectivity index (χ1v) is 5.82. The van der Waals surface area contributed by atoms with Crippen LogP contribution in [-0.4, -0.2) is 40.6 Å². The zero-order chi connectivity index (χ0) is 13.4. The molecule has 0 atom stereocenters. The van der Waals surface area contributed by atoms with Crippen LogP contribution in [0.15, 0.2) is 51.7 Å². The van der Waals surface area contributed by atoms with Crippen molar-refractivity contribution in [1.82, 2.24) is 0 Å². The van der Waals surface area contributed by atoms with Gasteiger partial charge in [-0.05, 0) is 18.2 Å². The summed E-state index contributed by atoms with van der Waals surface area (Å²) >= 11 is 0. The maximum absolute atomic E-state index is 12.3. The molecule has 0 saturated carbocycles. The van der Waals surface area contributed by atoms with E-state index in [4.69, 9.17) is 9.52 Å². The van der Waals surface area contributed by atoms with Gasteiger partial charge in [0.15, 0.2) is 0 Å². The van der Waals surface area contributed by atoms with Crippen molar-refractivity contribution in [1.29, 1.82) is 0 Å². The van der Waals surface area contributed by atoms with Gasteiger partial charge < -0.3 is 9.52 Å². The normalized spacial score (nSPS) is 10.4. The molecule has 1 aromatic heterocycles. The number of rotatable bonds is 2. The van der Waals surface area contributed by atoms with E-state index in [0.29, 0.717) is 27.5 Å². The Kier molecular flexibility index (Phi) is 4.28. The average molecular weight is 277 g/mol. The Balaban J connectivity index is 0.00000147. The Morgan fingerprint density at radius 3 is 2.50 bits per heavy atom. The zero-order valence-electron chi connectivity index (χ0n) is 10.9. The molecule has 0 bridgehead atoms. The van der Waals surface area contributed by atoms with Crippen LogP contribution in [-0.2, 0) is 11.2 Å². The van der Waals surface area contributed by atoms with E-state index >= 15 is 0 Å². The summed E-state index contributed by atoms with van der Waals surface area (Å²) in [7, 11) is 0. The van der Waals surface area contributed by atoms with Gasteiger partial charge in [-0.3, -0.25) is 9.59 Å². The molecule has 0 fully saturated rings. The number of carboxylic acid groups (broad SMARTS) is 1. The van der Waals surface area contributed by atoms with Gasteiger partial charge in [0, 0.05) is 35.1 Å². The predicted octanol–water partition coefficient (Wildman–Crippen LogP) is 2.19. The van der Waals surface area contributed by atoms with Gasteiger partial charge in [0.05, 0.1) is 17.2 Å². The number of fused-ring (bicyclic) bond motifs is 2. The van der Waals surface area contributed by atoms with E-state index in [1.165, 1.54) is 0 Å². The first-order chi connectivity index (χ1) is 9.16. The summed E-state index contributed by atoms with van der Waals surface area (Å²) in [5.41, 5.74) is 1.20. The fourth-order valence-electron chi connectivity index (χ4n) is 2.18. The maximum atomic E-state index is 12.3. The molecule has 5 heteroatoms. The number of benzene rings is 2. The van der Waals surface area contributed by atoms with Gasteiger partial charge in [0.1, 0.15) is 11.2 Å². The number of carboxylic acids is 1. The van der Waals surface area contributed by atoms with Crippen molar-refractivity contribution in [3.8, 4) is 0 Å². The van der Waals surface area contributed by atoms with Gasteiger partial charge in [-0.2, -0.15) is 0 Å². The molecule has 0 aliphatic heterocycles. The molecule has 1 radical (unpaired) electrons. The molecule has 0 aliphatic carbocycles. The van der Waals surface area contributed by atoms with Crippen molar-refractivity contribution < 1.29 is 14.3 Å². The summed E-state index contributed by atoms with van der Waals surface area (Å²) < 4.78 is 5.70. The summed E-state index contributed by atoms with van der Waals surface area (Å²) in [5.74, 6) is -0.955. The van der Waals surface area contributed by atoms with Crippen LogP contribution in [0.25, 0.3) is 21.9 Å². The molecule has 95 valence electrons. The van der Waals surface area contributed by atoms with E-state index in [9.17, 15) is 9.59 Å². The zero-order valence-corrected chi connectivity index (χ0v) is 12.9. The Labute approximate surface area is 136 Å². The summed E-state index contributed by atoms with van der Waals surface area (Å²) in [6.07, 6.45) is -0.168. The SMILES string of the molecule is O=C(O)Cc1cccc2c(=O)c3ccccc3oc12.[Na]. The maximum Gasteiger partial charge on any atom is 0.307 e. The van der Waals surface area contributed by atoms with Crippen LogP contribution in [0, 0.1) is 0 Å². The first kappa shape index (κ1) is 14.8. The van der Waals surface area contributed by atoms with E-state index in [2.05, 4.69) is 0 Å². The van der Waals surface area contributed by atoms with Gasteiger partial charge in [-0.25, -0.2) is 0 Å². The van der Waals surface area contributed by atoms with Crippen molar-refractivity contribution in [2.75, 3.05) is 0 Å². The summed E-state index contributed by atoms with van der Waals surface area (Å²) in [4.78, 5) is 23.2. The van der Waals surface area contributed by atoms with E-state index in [1.54, 1.807) is 42.5 Å². The third-order valence-corrected chi connectivity index (χ3v) is 3.03. The van der Waals surface area contributed by atoms with Crippen LogP contribution in [0.4, 0.5) is 0 Å². The standard InChI is InChI=1S/C15H10O4.Na/c16-13(17)8-9-4-3-6-11-14(18)10-5-1-2-7-12(10)19-15(9)11;/h1-7H,8H2,(H,16,17);. The first-order valence-electron chi connectivity index (χ1n) is 5.82. The number of aliphatic carboxylic acids is 1. The average Bonchev–Trinajstić information content (AvgIpc) is 2.40. The molecule has 0 unspecified atom stereocenters. The van der Waals surface area contributed by atoms with Crippen molar-refractivity contribution in [3.63, 3.8) is 0 Å². The van der Waals surface area contributed by atoms with Gasteiger partial charge in [-0.1, -0.05) is 24.3 Å². The fourth-order valence-corrected chi connectivity index (χ4v) is 2.18. The van der Waals surface area contributed by atoms with Crippen LogP contribution in [0.1, 0.15) is 5.56 Å². The molecular weight excluding hydrogens is 267 g/mol. The Bertz CT molecular complexity index is 851. The van der Waals surface area contributed by atoms with Crippen LogP contribution in [0.5, 0.6) is 0 Å². The Morgan fingerprint density at radius 2 is 1.75 bits per heavy atom. The number of hydrogen-bond donors (Lipinski definition) is 1. The second-order valence-corrected chi connectivity index (χ2v) is 4.29. The van der Waals surface area contributed by atoms with Gasteiger partial charge in [-0.15, -0.1) is 0 Å². The molecule has 0 saturated heterocycles. The topological polar surface area (TPSA) is 67.5 Å². The minimum absolute atomic E-state index is 0. The summed E-state index contributed by atoms with van der Waals surface area (Å²) in [5, 5.41) is 9.81. The molecule has 0 amide bonds. The van der Waals surface area contributed by atoms with Gasteiger partial charge in [0.2, 0.25) is 5.43 Å². The molecule has 4 nitrogen and oxygen atoms in total. The molecule has 3 rings (SSSR count). The van der Waals surface area contributed by atoms with Gasteiger partial charge >= 0.3 is 5.97 Å². The fraction of sp³-hybridized carbons (Fsp3) is 0.0667. The molecule has 0 spiro atoms. The monoisotopic (exact) mass is 277 g/mol. The Hall–Kier alpha value is -1.62. The van der Waals surface area contributed by atoms with Crippen LogP contribution < -0.4 is 5.43 Å². The molecule has 2 aromatic carbocycles. The van der Waals surface area contributed by atoms with Crippen LogP contribution >= 0.6 is 0 Å². The molecule has 20 heavy (non-hydrogen) atoms. The van der Waals surface area contributed by atoms with E-state index in [1.807, 2.05) is 0 Å². The van der Waals surface area contributed by atoms with Crippen LogP contribution in [0.2, 0.25) is 0 Å². The van der Waals surface area contributed by atoms with E-state index in [-0.39, 0.29) is 41.4 Å². The minimum atomic E-state index is -0.955. The van der Waals surface area contributed by atoms with Crippen molar-refractivity contribution in [2.45, 2.75) is 6.42 Å². The minimum Gasteiger partial charge on any atom is -0.481 e. The third-order valence-electron chi connectivity index (χ3n) is 3.03. The Morgan fingerprint density at radius 1 is 1.05 bits per heavy atom. The predicted molar refractivity (Wildman–Crippen MR) is 77.1 cm³/mol. The largest absolute Gasteiger partial charge is 0.481 e. The second kappa shape index (κ2) is 5.79. The van der Waals surface area contributed by atoms with Crippen molar-refractivity contribution >= 4 is 57.5 Å². The van der Waals surface area contributed by atoms with E-state index < -0.39 is 5.97 Å². The van der Waals surface area contributed by atoms with Crippen molar-refractivity contribution in [3.05, 3.63) is 58.3 Å². The van der Waals surface area contributed by atoms with Crippen molar-refractivity contribution in [2.24, 2.45) is 0 Å².